The first-order valence-electron chi connectivity index (χ1n) is 5.00. The van der Waals surface area contributed by atoms with Gasteiger partial charge in [-0.1, -0.05) is 5.16 Å². The maximum absolute atomic E-state index is 8.77. The minimum Gasteiger partial charge on any atom is -0.409 e. The smallest absolute Gasteiger partial charge is 0.162 e. The minimum atomic E-state index is -0.104. The molecule has 2 heterocycles. The fourth-order valence-corrected chi connectivity index (χ4v) is 2.03. The summed E-state index contributed by atoms with van der Waals surface area (Å²) in [5.74, 6) is 0.523. The Morgan fingerprint density at radius 2 is 2.27 bits per heavy atom. The molecule has 0 radical (unpaired) electrons. The van der Waals surface area contributed by atoms with Gasteiger partial charge in [0.05, 0.1) is 12.6 Å². The van der Waals surface area contributed by atoms with E-state index in [4.69, 9.17) is 15.7 Å². The monoisotopic (exact) mass is 209 g/mol. The van der Waals surface area contributed by atoms with E-state index in [0.717, 1.165) is 13.0 Å². The van der Waals surface area contributed by atoms with Crippen LogP contribution in [-0.4, -0.2) is 28.8 Å². The predicted octanol–water partition coefficient (Wildman–Crippen LogP) is 0.812. The average Bonchev–Trinajstić information content (AvgIpc) is 2.90. The van der Waals surface area contributed by atoms with E-state index in [1.807, 2.05) is 29.1 Å². The Kier molecular flexibility index (Phi) is 2.91. The van der Waals surface area contributed by atoms with Crippen molar-refractivity contribution in [3.05, 3.63) is 24.5 Å². The lowest BCUT2D eigenvalue weighted by Gasteiger charge is -2.22. The highest BCUT2D eigenvalue weighted by atomic mass is 16.5. The molecule has 1 aromatic heterocycles. The van der Waals surface area contributed by atoms with Gasteiger partial charge in [0.1, 0.15) is 0 Å². The van der Waals surface area contributed by atoms with Gasteiger partial charge in [0.2, 0.25) is 0 Å². The molecule has 0 aliphatic carbocycles. The van der Waals surface area contributed by atoms with Crippen LogP contribution < -0.4 is 5.73 Å². The number of ether oxygens (including phenoxy) is 1. The van der Waals surface area contributed by atoms with Crippen LogP contribution in [0.5, 0.6) is 0 Å². The Balaban J connectivity index is 2.23. The molecule has 1 aromatic rings. The van der Waals surface area contributed by atoms with Gasteiger partial charge in [-0.3, -0.25) is 0 Å². The van der Waals surface area contributed by atoms with E-state index < -0.39 is 0 Å². The normalized spacial score (nSPS) is 24.3. The second-order valence-corrected chi connectivity index (χ2v) is 3.72. The number of amidine groups is 1. The van der Waals surface area contributed by atoms with Gasteiger partial charge in [-0.25, -0.2) is 0 Å². The fraction of sp³-hybridized carbons (Fsp3) is 0.500. The molecule has 0 saturated carbocycles. The quantitative estimate of drug-likeness (QED) is 0.335. The zero-order chi connectivity index (χ0) is 10.7. The topological polar surface area (TPSA) is 72.8 Å². The highest BCUT2D eigenvalue weighted by Crippen LogP contribution is 2.26. The van der Waals surface area contributed by atoms with Crippen molar-refractivity contribution in [1.82, 2.24) is 4.57 Å². The lowest BCUT2D eigenvalue weighted by molar-refractivity contribution is 0.179. The molecule has 5 heteroatoms. The number of rotatable bonds is 3. The summed E-state index contributed by atoms with van der Waals surface area (Å²) in [6.07, 6.45) is 4.78. The number of hydrogen-bond donors (Lipinski definition) is 2. The van der Waals surface area contributed by atoms with Crippen molar-refractivity contribution >= 4 is 5.84 Å². The number of oxime groups is 1. The Morgan fingerprint density at radius 3 is 2.80 bits per heavy atom. The zero-order valence-electron chi connectivity index (χ0n) is 8.41. The first-order chi connectivity index (χ1) is 7.33. The van der Waals surface area contributed by atoms with Crippen molar-refractivity contribution < 1.29 is 9.94 Å². The van der Waals surface area contributed by atoms with Gasteiger partial charge in [-0.05, 0) is 18.6 Å². The van der Waals surface area contributed by atoms with Crippen molar-refractivity contribution in [2.24, 2.45) is 16.8 Å². The van der Waals surface area contributed by atoms with Gasteiger partial charge in [0, 0.05) is 24.9 Å². The highest BCUT2D eigenvalue weighted by Gasteiger charge is 2.29. The van der Waals surface area contributed by atoms with E-state index in [9.17, 15) is 0 Å². The molecule has 0 unspecified atom stereocenters. The number of nitrogens with zero attached hydrogens (tertiary/aromatic N) is 2. The van der Waals surface area contributed by atoms with Crippen molar-refractivity contribution in [2.75, 3.05) is 13.2 Å². The molecule has 1 fully saturated rings. The fourth-order valence-electron chi connectivity index (χ4n) is 2.03. The third-order valence-electron chi connectivity index (χ3n) is 2.78. The molecule has 82 valence electrons. The molecule has 0 amide bonds. The summed E-state index contributed by atoms with van der Waals surface area (Å²) in [5.41, 5.74) is 5.71. The highest BCUT2D eigenvalue weighted by molar-refractivity contribution is 5.84. The molecular weight excluding hydrogens is 194 g/mol. The first kappa shape index (κ1) is 10.0. The van der Waals surface area contributed by atoms with E-state index in [1.165, 1.54) is 0 Å². The summed E-state index contributed by atoms with van der Waals surface area (Å²) in [5, 5.41) is 11.9. The van der Waals surface area contributed by atoms with Crippen molar-refractivity contribution in [1.29, 1.82) is 0 Å². The third-order valence-corrected chi connectivity index (χ3v) is 2.78. The average molecular weight is 209 g/mol. The van der Waals surface area contributed by atoms with Gasteiger partial charge >= 0.3 is 0 Å². The third kappa shape index (κ3) is 1.97. The molecule has 1 aliphatic heterocycles. The molecule has 1 aliphatic rings. The maximum Gasteiger partial charge on any atom is 0.162 e. The van der Waals surface area contributed by atoms with Gasteiger partial charge in [0.25, 0.3) is 0 Å². The van der Waals surface area contributed by atoms with Crippen molar-refractivity contribution in [2.45, 2.75) is 12.5 Å². The molecule has 5 nitrogen and oxygen atoms in total. The predicted molar refractivity (Wildman–Crippen MR) is 55.8 cm³/mol. The Labute approximate surface area is 88.1 Å². The van der Waals surface area contributed by atoms with Crippen LogP contribution in [0.1, 0.15) is 12.5 Å². The van der Waals surface area contributed by atoms with Gasteiger partial charge < -0.3 is 20.2 Å². The standard InChI is InChI=1S/C10H15N3O2/c11-10(12-14)9(8-3-6-15-7-8)13-4-1-2-5-13/h1-2,4-5,8-9,14H,3,6-7H2,(H2,11,12)/t8-,9+/m0/s1. The number of aromatic nitrogens is 1. The SMILES string of the molecule is NC(=NO)[C@@H]([C@H]1CCOC1)n1cccc1. The van der Waals surface area contributed by atoms with Gasteiger partial charge in [-0.2, -0.15) is 0 Å². The molecule has 15 heavy (non-hydrogen) atoms. The Morgan fingerprint density at radius 1 is 1.53 bits per heavy atom. The van der Waals surface area contributed by atoms with Crippen LogP contribution in [0.25, 0.3) is 0 Å². The first-order valence-corrected chi connectivity index (χ1v) is 5.00. The Hall–Kier alpha value is -1.49. The van der Waals surface area contributed by atoms with Crippen LogP contribution in [0.3, 0.4) is 0 Å². The summed E-state index contributed by atoms with van der Waals surface area (Å²) in [6.45, 7) is 1.42. The van der Waals surface area contributed by atoms with E-state index in [2.05, 4.69) is 5.16 Å². The molecular formula is C10H15N3O2. The summed E-state index contributed by atoms with van der Waals surface area (Å²) >= 11 is 0. The van der Waals surface area contributed by atoms with Gasteiger partial charge in [-0.15, -0.1) is 0 Å². The van der Waals surface area contributed by atoms with E-state index in [0.29, 0.717) is 6.61 Å². The Bertz CT molecular complexity index is 328. The lowest BCUT2D eigenvalue weighted by atomic mass is 9.98. The van der Waals surface area contributed by atoms with E-state index in [-0.39, 0.29) is 17.8 Å². The summed E-state index contributed by atoms with van der Waals surface area (Å²) < 4.78 is 7.28. The molecule has 2 rings (SSSR count). The molecule has 2 atom stereocenters. The van der Waals surface area contributed by atoms with Crippen LogP contribution in [0, 0.1) is 5.92 Å². The van der Waals surface area contributed by atoms with Gasteiger partial charge in [0.15, 0.2) is 5.84 Å². The van der Waals surface area contributed by atoms with Crippen LogP contribution in [0.4, 0.5) is 0 Å². The van der Waals surface area contributed by atoms with Crippen molar-refractivity contribution in [3.63, 3.8) is 0 Å². The van der Waals surface area contributed by atoms with Crippen LogP contribution in [0.2, 0.25) is 0 Å². The van der Waals surface area contributed by atoms with Crippen LogP contribution >= 0.6 is 0 Å². The lowest BCUT2D eigenvalue weighted by Crippen LogP contribution is -2.32. The van der Waals surface area contributed by atoms with E-state index in [1.54, 1.807) is 0 Å². The maximum atomic E-state index is 8.77. The molecule has 0 spiro atoms. The number of nitrogens with two attached hydrogens (primary N) is 1. The minimum absolute atomic E-state index is 0.104. The summed E-state index contributed by atoms with van der Waals surface area (Å²) in [7, 11) is 0. The van der Waals surface area contributed by atoms with Crippen LogP contribution in [0.15, 0.2) is 29.7 Å². The molecule has 0 aromatic carbocycles. The largest absolute Gasteiger partial charge is 0.409 e. The second-order valence-electron chi connectivity index (χ2n) is 3.72. The number of hydrogen-bond acceptors (Lipinski definition) is 3. The van der Waals surface area contributed by atoms with E-state index >= 15 is 0 Å². The molecule has 3 N–H and O–H groups in total. The van der Waals surface area contributed by atoms with Crippen molar-refractivity contribution in [3.8, 4) is 0 Å². The molecule has 1 saturated heterocycles. The zero-order valence-corrected chi connectivity index (χ0v) is 8.41. The van der Waals surface area contributed by atoms with Crippen LogP contribution in [-0.2, 0) is 4.74 Å². The summed E-state index contributed by atoms with van der Waals surface area (Å²) in [4.78, 5) is 0. The molecule has 0 bridgehead atoms. The second kappa shape index (κ2) is 4.35. The summed E-state index contributed by atoms with van der Waals surface area (Å²) in [6, 6.07) is 3.74.